The monoisotopic (exact) mass is 413 g/mol. The van der Waals surface area contributed by atoms with Gasteiger partial charge < -0.3 is 4.74 Å². The summed E-state index contributed by atoms with van der Waals surface area (Å²) in [6, 6.07) is 14.3. The molecule has 0 unspecified atom stereocenters. The summed E-state index contributed by atoms with van der Waals surface area (Å²) in [6.07, 6.45) is 5.49. The molecule has 3 fully saturated rings. The SMILES string of the molecule is Cc1ccc(C(=O)COc2cccc(N3C(=O)[C@@H]4[C@H]5C=C[C@H]([C@H]6C[C@@H]56)[C@@H]4C3=O)c2)cc1. The number of rotatable bonds is 5. The number of allylic oxidation sites excluding steroid dienone is 2. The summed E-state index contributed by atoms with van der Waals surface area (Å²) in [7, 11) is 0. The first-order chi connectivity index (χ1) is 15.0. The van der Waals surface area contributed by atoms with E-state index in [1.165, 1.54) is 4.90 Å². The number of ether oxygens (including phenoxy) is 1. The number of hydrogen-bond acceptors (Lipinski definition) is 4. The third kappa shape index (κ3) is 2.79. The maximum Gasteiger partial charge on any atom is 0.238 e. The van der Waals surface area contributed by atoms with Gasteiger partial charge >= 0.3 is 0 Å². The fourth-order valence-electron chi connectivity index (χ4n) is 5.90. The molecular formula is C26H23NO4. The first-order valence-electron chi connectivity index (χ1n) is 10.9. The molecule has 1 aliphatic heterocycles. The highest BCUT2D eigenvalue weighted by atomic mass is 16.5. The normalized spacial score (nSPS) is 32.1. The molecule has 5 heteroatoms. The van der Waals surface area contributed by atoms with Crippen LogP contribution in [0.2, 0.25) is 0 Å². The predicted molar refractivity (Wildman–Crippen MR) is 115 cm³/mol. The Bertz CT molecular complexity index is 1100. The lowest BCUT2D eigenvalue weighted by molar-refractivity contribution is -0.124. The van der Waals surface area contributed by atoms with Gasteiger partial charge in [0.2, 0.25) is 11.8 Å². The van der Waals surface area contributed by atoms with Crippen LogP contribution in [0.3, 0.4) is 0 Å². The van der Waals surface area contributed by atoms with Crippen LogP contribution in [-0.4, -0.2) is 24.2 Å². The molecule has 4 aliphatic carbocycles. The molecule has 31 heavy (non-hydrogen) atoms. The average Bonchev–Trinajstić information content (AvgIpc) is 3.56. The number of imide groups is 1. The third-order valence-electron chi connectivity index (χ3n) is 7.48. The molecule has 2 amide bonds. The van der Waals surface area contributed by atoms with Gasteiger partial charge in [0.15, 0.2) is 12.4 Å². The van der Waals surface area contributed by atoms with E-state index in [-0.39, 0.29) is 47.9 Å². The van der Waals surface area contributed by atoms with Gasteiger partial charge in [0, 0.05) is 11.6 Å². The summed E-state index contributed by atoms with van der Waals surface area (Å²) < 4.78 is 5.71. The van der Waals surface area contributed by atoms with Gasteiger partial charge in [-0.05, 0) is 49.1 Å². The Labute approximate surface area is 180 Å². The van der Waals surface area contributed by atoms with Crippen LogP contribution in [-0.2, 0) is 9.59 Å². The van der Waals surface area contributed by atoms with Gasteiger partial charge in [-0.2, -0.15) is 0 Å². The topological polar surface area (TPSA) is 63.7 Å². The highest BCUT2D eigenvalue weighted by Gasteiger charge is 2.67. The van der Waals surface area contributed by atoms with Crippen molar-refractivity contribution >= 4 is 23.3 Å². The standard InChI is InChI=1S/C26H23NO4/c1-14-5-7-15(8-6-14)22(28)13-31-17-4-2-3-16(11-17)27-25(29)23-18-9-10-19(21-12-20(18)21)24(23)26(27)30/h2-11,18-21,23-24H,12-13H2,1H3/t18-,19+,20-,21+,23+,24-. The van der Waals surface area contributed by atoms with Crippen molar-refractivity contribution in [1.29, 1.82) is 0 Å². The van der Waals surface area contributed by atoms with Crippen LogP contribution in [0.5, 0.6) is 5.75 Å². The molecule has 2 saturated carbocycles. The zero-order valence-electron chi connectivity index (χ0n) is 17.2. The molecule has 2 aromatic rings. The first-order valence-corrected chi connectivity index (χ1v) is 10.9. The molecule has 5 aliphatic rings. The summed E-state index contributed by atoms with van der Waals surface area (Å²) in [5.41, 5.74) is 2.21. The number of benzene rings is 2. The van der Waals surface area contributed by atoms with Crippen molar-refractivity contribution in [2.75, 3.05) is 11.5 Å². The van der Waals surface area contributed by atoms with Gasteiger partial charge in [-0.1, -0.05) is 48.0 Å². The fraction of sp³-hybridized carbons (Fsp3) is 0.346. The number of ketones is 1. The molecule has 1 heterocycles. The van der Waals surface area contributed by atoms with Crippen molar-refractivity contribution in [3.63, 3.8) is 0 Å². The van der Waals surface area contributed by atoms with Crippen LogP contribution < -0.4 is 9.64 Å². The van der Waals surface area contributed by atoms with E-state index >= 15 is 0 Å². The minimum atomic E-state index is -0.223. The summed E-state index contributed by atoms with van der Waals surface area (Å²) in [5.74, 6) is 1.29. The lowest BCUT2D eigenvalue weighted by atomic mass is 9.63. The molecule has 2 bridgehead atoms. The maximum atomic E-state index is 13.3. The number of Topliss-reactive ketones (excluding diaryl/α,β-unsaturated/α-hetero) is 1. The van der Waals surface area contributed by atoms with Gasteiger partial charge in [-0.3, -0.25) is 14.4 Å². The van der Waals surface area contributed by atoms with E-state index in [4.69, 9.17) is 4.74 Å². The molecule has 2 aromatic carbocycles. The summed E-state index contributed by atoms with van der Waals surface area (Å²) in [4.78, 5) is 40.3. The summed E-state index contributed by atoms with van der Waals surface area (Å²) >= 11 is 0. The van der Waals surface area contributed by atoms with Crippen LogP contribution in [0.25, 0.3) is 0 Å². The minimum absolute atomic E-state index is 0.0902. The smallest absolute Gasteiger partial charge is 0.238 e. The van der Waals surface area contributed by atoms with Crippen LogP contribution in [0.1, 0.15) is 22.3 Å². The Morgan fingerprint density at radius 1 is 0.968 bits per heavy atom. The molecule has 7 rings (SSSR count). The Morgan fingerprint density at radius 3 is 2.26 bits per heavy atom. The molecule has 1 saturated heterocycles. The molecule has 0 radical (unpaired) electrons. The van der Waals surface area contributed by atoms with E-state index in [1.807, 2.05) is 19.1 Å². The third-order valence-corrected chi connectivity index (χ3v) is 7.48. The first kappa shape index (κ1) is 18.6. The Hall–Kier alpha value is -3.21. The number of hydrogen-bond donors (Lipinski definition) is 0. The molecule has 6 atom stereocenters. The van der Waals surface area contributed by atoms with Crippen molar-refractivity contribution in [3.05, 3.63) is 71.8 Å². The van der Waals surface area contributed by atoms with E-state index in [0.717, 1.165) is 12.0 Å². The summed E-state index contributed by atoms with van der Waals surface area (Å²) in [5, 5.41) is 0. The lowest BCUT2D eigenvalue weighted by Crippen LogP contribution is -2.40. The zero-order chi connectivity index (χ0) is 21.3. The highest BCUT2D eigenvalue weighted by Crippen LogP contribution is 2.65. The van der Waals surface area contributed by atoms with Gasteiger partial charge in [-0.25, -0.2) is 4.90 Å². The van der Waals surface area contributed by atoms with Crippen molar-refractivity contribution in [1.82, 2.24) is 0 Å². The van der Waals surface area contributed by atoms with E-state index in [0.29, 0.717) is 28.8 Å². The quantitative estimate of drug-likeness (QED) is 0.425. The molecular weight excluding hydrogens is 390 g/mol. The van der Waals surface area contributed by atoms with Crippen LogP contribution >= 0.6 is 0 Å². The fourth-order valence-corrected chi connectivity index (χ4v) is 5.90. The highest BCUT2D eigenvalue weighted by molar-refractivity contribution is 6.22. The van der Waals surface area contributed by atoms with Crippen LogP contribution in [0.15, 0.2) is 60.7 Å². The maximum absolute atomic E-state index is 13.3. The predicted octanol–water partition coefficient (Wildman–Crippen LogP) is 3.81. The number of nitrogens with zero attached hydrogens (tertiary/aromatic N) is 1. The van der Waals surface area contributed by atoms with E-state index in [2.05, 4.69) is 12.2 Å². The van der Waals surface area contributed by atoms with Gasteiger partial charge in [0.1, 0.15) is 5.75 Å². The van der Waals surface area contributed by atoms with Gasteiger partial charge in [-0.15, -0.1) is 0 Å². The molecule has 0 aromatic heterocycles. The van der Waals surface area contributed by atoms with E-state index in [9.17, 15) is 14.4 Å². The minimum Gasteiger partial charge on any atom is -0.485 e. The van der Waals surface area contributed by atoms with Crippen molar-refractivity contribution in [3.8, 4) is 5.75 Å². The second-order valence-electron chi connectivity index (χ2n) is 9.24. The molecule has 0 spiro atoms. The van der Waals surface area contributed by atoms with E-state index < -0.39 is 0 Å². The van der Waals surface area contributed by atoms with Crippen molar-refractivity contribution in [2.24, 2.45) is 35.5 Å². The van der Waals surface area contributed by atoms with Crippen molar-refractivity contribution in [2.45, 2.75) is 13.3 Å². The average molecular weight is 413 g/mol. The number of amides is 2. The number of aryl methyl sites for hydroxylation is 1. The van der Waals surface area contributed by atoms with E-state index in [1.54, 1.807) is 36.4 Å². The molecule has 156 valence electrons. The molecule has 0 N–H and O–H groups in total. The second kappa shape index (κ2) is 6.64. The van der Waals surface area contributed by atoms with Gasteiger partial charge in [0.05, 0.1) is 17.5 Å². The van der Waals surface area contributed by atoms with Crippen LogP contribution in [0, 0.1) is 42.4 Å². The van der Waals surface area contributed by atoms with Crippen LogP contribution in [0.4, 0.5) is 5.69 Å². The van der Waals surface area contributed by atoms with Gasteiger partial charge in [0.25, 0.3) is 0 Å². The number of anilines is 1. The Morgan fingerprint density at radius 2 is 1.61 bits per heavy atom. The zero-order valence-corrected chi connectivity index (χ0v) is 17.2. The number of carbonyl (C=O) groups excluding carboxylic acids is 3. The second-order valence-corrected chi connectivity index (χ2v) is 9.24. The molecule has 5 nitrogen and oxygen atoms in total. The lowest BCUT2D eigenvalue weighted by Gasteiger charge is -2.37. The van der Waals surface area contributed by atoms with Crippen molar-refractivity contribution < 1.29 is 19.1 Å². The Kier molecular flexibility index (Phi) is 3.98. The Balaban J connectivity index is 1.20. The number of carbonyl (C=O) groups is 3. The largest absolute Gasteiger partial charge is 0.485 e. The summed E-state index contributed by atoms with van der Waals surface area (Å²) in [6.45, 7) is 1.87.